The van der Waals surface area contributed by atoms with Crippen LogP contribution in [0.25, 0.3) is 0 Å². The molecular formula is C19H23N3O3S. The fraction of sp³-hybridized carbons (Fsp3) is 0.263. The molecule has 2 rings (SSSR count). The minimum Gasteiger partial charge on any atom is -0.267 e. The second-order valence-electron chi connectivity index (χ2n) is 5.88. The van der Waals surface area contributed by atoms with Crippen molar-refractivity contribution in [2.45, 2.75) is 32.1 Å². The molecule has 2 aromatic rings. The molecule has 2 aromatic carbocycles. The molecule has 0 saturated heterocycles. The monoisotopic (exact) mass is 373 g/mol. The Hall–Kier alpha value is -2.51. The number of aryl methyl sites for hydroxylation is 1. The molecule has 0 fully saturated rings. The highest BCUT2D eigenvalue weighted by Crippen LogP contribution is 2.11. The minimum absolute atomic E-state index is 0.200. The summed E-state index contributed by atoms with van der Waals surface area (Å²) in [5.41, 5.74) is 5.27. The summed E-state index contributed by atoms with van der Waals surface area (Å²) >= 11 is 0. The predicted molar refractivity (Wildman–Crippen MR) is 103 cm³/mol. The number of carbonyl (C=O) groups is 1. The lowest BCUT2D eigenvalue weighted by atomic mass is 10.1. The van der Waals surface area contributed by atoms with E-state index in [9.17, 15) is 13.2 Å². The maximum absolute atomic E-state index is 12.2. The summed E-state index contributed by atoms with van der Waals surface area (Å²) in [6, 6.07) is 13.6. The Morgan fingerprint density at radius 3 is 2.35 bits per heavy atom. The van der Waals surface area contributed by atoms with Crippen LogP contribution in [-0.2, 0) is 10.0 Å². The zero-order chi connectivity index (χ0) is 19.2. The molecule has 0 atom stereocenters. The van der Waals surface area contributed by atoms with Gasteiger partial charge < -0.3 is 0 Å². The average molecular weight is 373 g/mol. The number of carbonyl (C=O) groups excluding carboxylic acids is 1. The van der Waals surface area contributed by atoms with Gasteiger partial charge in [0.2, 0.25) is 10.0 Å². The molecule has 0 aromatic heterocycles. The van der Waals surface area contributed by atoms with E-state index in [4.69, 9.17) is 0 Å². The van der Waals surface area contributed by atoms with Gasteiger partial charge in [0.05, 0.1) is 10.6 Å². The summed E-state index contributed by atoms with van der Waals surface area (Å²) in [5, 5.41) is 4.11. The Labute approximate surface area is 154 Å². The van der Waals surface area contributed by atoms with Crippen molar-refractivity contribution in [1.29, 1.82) is 0 Å². The summed E-state index contributed by atoms with van der Waals surface area (Å²) < 4.78 is 26.7. The van der Waals surface area contributed by atoms with Gasteiger partial charge in [0.25, 0.3) is 5.91 Å². The van der Waals surface area contributed by atoms with Crippen molar-refractivity contribution >= 4 is 21.6 Å². The van der Waals surface area contributed by atoms with E-state index in [0.29, 0.717) is 17.8 Å². The van der Waals surface area contributed by atoms with Gasteiger partial charge in [0.15, 0.2) is 0 Å². The minimum atomic E-state index is -3.49. The van der Waals surface area contributed by atoms with Gasteiger partial charge in [0.1, 0.15) is 0 Å². The number of benzene rings is 2. The molecule has 138 valence electrons. The molecule has 0 radical (unpaired) electrons. The van der Waals surface area contributed by atoms with E-state index in [2.05, 4.69) is 15.2 Å². The zero-order valence-electron chi connectivity index (χ0n) is 15.1. The van der Waals surface area contributed by atoms with Gasteiger partial charge >= 0.3 is 0 Å². The summed E-state index contributed by atoms with van der Waals surface area (Å²) in [5.74, 6) is -0.287. The zero-order valence-corrected chi connectivity index (χ0v) is 15.9. The molecule has 0 bridgehead atoms. The van der Waals surface area contributed by atoms with Crippen LogP contribution in [0.1, 0.15) is 41.8 Å². The van der Waals surface area contributed by atoms with Crippen molar-refractivity contribution in [2.75, 3.05) is 6.54 Å². The van der Waals surface area contributed by atoms with E-state index >= 15 is 0 Å². The Balaban J connectivity index is 2.10. The van der Waals surface area contributed by atoms with E-state index < -0.39 is 10.0 Å². The number of hydrazone groups is 1. The van der Waals surface area contributed by atoms with Crippen molar-refractivity contribution in [3.8, 4) is 0 Å². The molecular weight excluding hydrogens is 350 g/mol. The number of nitrogens with zero attached hydrogens (tertiary/aromatic N) is 1. The first-order valence-corrected chi connectivity index (χ1v) is 9.84. The van der Waals surface area contributed by atoms with Gasteiger partial charge in [-0.2, -0.15) is 5.10 Å². The Morgan fingerprint density at radius 2 is 1.73 bits per heavy atom. The summed E-state index contributed by atoms with van der Waals surface area (Å²) in [6.07, 6.45) is 0.726. The van der Waals surface area contributed by atoms with Gasteiger partial charge in [-0.3, -0.25) is 4.79 Å². The molecule has 1 amide bonds. The molecule has 0 aliphatic heterocycles. The van der Waals surface area contributed by atoms with Crippen LogP contribution in [0.3, 0.4) is 0 Å². The molecule has 0 saturated carbocycles. The highest BCUT2D eigenvalue weighted by atomic mass is 32.2. The Kier molecular flexibility index (Phi) is 6.65. The fourth-order valence-electron chi connectivity index (χ4n) is 2.28. The summed E-state index contributed by atoms with van der Waals surface area (Å²) in [7, 11) is -3.49. The van der Waals surface area contributed by atoms with Gasteiger partial charge in [-0.25, -0.2) is 18.6 Å². The highest BCUT2D eigenvalue weighted by molar-refractivity contribution is 7.89. The lowest BCUT2D eigenvalue weighted by Gasteiger charge is -2.07. The van der Waals surface area contributed by atoms with E-state index in [0.717, 1.165) is 17.5 Å². The van der Waals surface area contributed by atoms with Crippen LogP contribution in [0.2, 0.25) is 0 Å². The predicted octanol–water partition coefficient (Wildman–Crippen LogP) is 2.84. The van der Waals surface area contributed by atoms with Gasteiger partial charge in [0, 0.05) is 12.1 Å². The maximum atomic E-state index is 12.2. The number of nitrogens with one attached hydrogen (secondary N) is 2. The van der Waals surface area contributed by atoms with Crippen LogP contribution in [0, 0.1) is 6.92 Å². The largest absolute Gasteiger partial charge is 0.271 e. The fourth-order valence-corrected chi connectivity index (χ4v) is 3.42. The van der Waals surface area contributed by atoms with Crippen LogP contribution in [0.15, 0.2) is 58.5 Å². The van der Waals surface area contributed by atoms with E-state index in [1.165, 1.54) is 12.1 Å². The molecule has 6 nitrogen and oxygen atoms in total. The van der Waals surface area contributed by atoms with Crippen LogP contribution in [-0.4, -0.2) is 26.6 Å². The van der Waals surface area contributed by atoms with Crippen molar-refractivity contribution in [3.05, 3.63) is 65.2 Å². The van der Waals surface area contributed by atoms with Gasteiger partial charge in [-0.15, -0.1) is 0 Å². The molecule has 0 unspecified atom stereocenters. The molecule has 0 aliphatic carbocycles. The van der Waals surface area contributed by atoms with Crippen molar-refractivity contribution in [3.63, 3.8) is 0 Å². The maximum Gasteiger partial charge on any atom is 0.271 e. The topological polar surface area (TPSA) is 87.6 Å². The molecule has 7 heteroatoms. The molecule has 0 spiro atoms. The van der Waals surface area contributed by atoms with Crippen LogP contribution in [0.4, 0.5) is 0 Å². The molecule has 0 aliphatic rings. The standard InChI is InChI=1S/C19H23N3O3S/c1-4-13-20-26(24,25)17-11-9-16(10-12-17)15(3)21-22-19(23)18-8-6-5-7-14(18)2/h5-12,20H,4,13H2,1-3H3,(H,22,23)/b21-15-. The van der Waals surface area contributed by atoms with Gasteiger partial charge in [-0.05, 0) is 49.6 Å². The number of rotatable bonds is 7. The second kappa shape index (κ2) is 8.73. The second-order valence-corrected chi connectivity index (χ2v) is 7.64. The SMILES string of the molecule is CCCNS(=O)(=O)c1ccc(/C(C)=N\NC(=O)c2ccccc2C)cc1. The average Bonchev–Trinajstić information content (AvgIpc) is 2.64. The third-order valence-corrected chi connectivity index (χ3v) is 5.32. The number of hydrogen-bond acceptors (Lipinski definition) is 4. The lowest BCUT2D eigenvalue weighted by Crippen LogP contribution is -2.24. The van der Waals surface area contributed by atoms with Crippen LogP contribution in [0.5, 0.6) is 0 Å². The summed E-state index contributed by atoms with van der Waals surface area (Å²) in [4.78, 5) is 12.4. The molecule has 2 N–H and O–H groups in total. The molecule has 26 heavy (non-hydrogen) atoms. The van der Waals surface area contributed by atoms with Crippen molar-refractivity contribution in [2.24, 2.45) is 5.10 Å². The van der Waals surface area contributed by atoms with Crippen molar-refractivity contribution in [1.82, 2.24) is 10.1 Å². The van der Waals surface area contributed by atoms with Gasteiger partial charge in [-0.1, -0.05) is 37.3 Å². The van der Waals surface area contributed by atoms with E-state index in [1.54, 1.807) is 31.2 Å². The summed E-state index contributed by atoms with van der Waals surface area (Å²) in [6.45, 7) is 5.90. The first kappa shape index (κ1) is 19.8. The van der Waals surface area contributed by atoms with Crippen molar-refractivity contribution < 1.29 is 13.2 Å². The normalized spacial score (nSPS) is 12.0. The number of sulfonamides is 1. The van der Waals surface area contributed by atoms with E-state index in [1.807, 2.05) is 26.0 Å². The number of amides is 1. The van der Waals surface area contributed by atoms with Crippen LogP contribution < -0.4 is 10.1 Å². The smallest absolute Gasteiger partial charge is 0.267 e. The highest BCUT2D eigenvalue weighted by Gasteiger charge is 2.13. The Bertz CT molecular complexity index is 904. The third-order valence-electron chi connectivity index (χ3n) is 3.84. The molecule has 0 heterocycles. The third kappa shape index (κ3) is 5.00. The Morgan fingerprint density at radius 1 is 1.08 bits per heavy atom. The first-order chi connectivity index (χ1) is 12.3. The first-order valence-electron chi connectivity index (χ1n) is 8.35. The van der Waals surface area contributed by atoms with Crippen LogP contribution >= 0.6 is 0 Å². The number of hydrogen-bond donors (Lipinski definition) is 2. The van der Waals surface area contributed by atoms with E-state index in [-0.39, 0.29) is 10.8 Å². The lowest BCUT2D eigenvalue weighted by molar-refractivity contribution is 0.0954. The quantitative estimate of drug-likeness (QED) is 0.578.